The molecule has 5 rings (SSSR count). The second-order valence-electron chi connectivity index (χ2n) is 12.1. The highest BCUT2D eigenvalue weighted by atomic mass is 19.1. The first-order valence-electron chi connectivity index (χ1n) is 14.6. The number of rotatable bonds is 6. The molecule has 5 unspecified atom stereocenters. The average molecular weight is 539 g/mol. The van der Waals surface area contributed by atoms with Crippen molar-refractivity contribution in [3.63, 3.8) is 0 Å². The fourth-order valence-corrected chi connectivity index (χ4v) is 7.63. The maximum absolute atomic E-state index is 14.0. The Balaban J connectivity index is 1.21. The third-order valence-corrected chi connectivity index (χ3v) is 9.72. The summed E-state index contributed by atoms with van der Waals surface area (Å²) in [6, 6.07) is 2.79. The van der Waals surface area contributed by atoms with Crippen LogP contribution in [0.2, 0.25) is 0 Å². The second kappa shape index (κ2) is 12.1. The molecule has 6 atom stereocenters. The summed E-state index contributed by atoms with van der Waals surface area (Å²) in [4.78, 5) is 33.2. The zero-order valence-electron chi connectivity index (χ0n) is 23.5. The van der Waals surface area contributed by atoms with E-state index < -0.39 is 0 Å². The summed E-state index contributed by atoms with van der Waals surface area (Å²) in [5.74, 6) is 3.91. The van der Waals surface area contributed by atoms with Gasteiger partial charge in [-0.05, 0) is 67.4 Å². The summed E-state index contributed by atoms with van der Waals surface area (Å²) in [6.07, 6.45) is 11.1. The first-order valence-corrected chi connectivity index (χ1v) is 14.6. The molecule has 0 bridgehead atoms. The number of amides is 1. The van der Waals surface area contributed by atoms with Crippen LogP contribution in [0.15, 0.2) is 36.9 Å². The Morgan fingerprint density at radius 2 is 1.79 bits per heavy atom. The summed E-state index contributed by atoms with van der Waals surface area (Å²) in [6.45, 7) is 10.5. The summed E-state index contributed by atoms with van der Waals surface area (Å²) >= 11 is 0. The van der Waals surface area contributed by atoms with Crippen molar-refractivity contribution in [3.05, 3.63) is 42.7 Å². The lowest BCUT2D eigenvalue weighted by Gasteiger charge is -2.48. The van der Waals surface area contributed by atoms with E-state index in [0.717, 1.165) is 38.2 Å². The van der Waals surface area contributed by atoms with Crippen molar-refractivity contribution < 1.29 is 14.3 Å². The molecule has 0 radical (unpaired) electrons. The van der Waals surface area contributed by atoms with Crippen molar-refractivity contribution in [2.45, 2.75) is 52.5 Å². The molecule has 2 aliphatic heterocycles. The van der Waals surface area contributed by atoms with Gasteiger partial charge in [-0.15, -0.1) is 0 Å². The lowest BCUT2D eigenvalue weighted by atomic mass is 9.60. The van der Waals surface area contributed by atoms with Gasteiger partial charge >= 0.3 is 0 Å². The van der Waals surface area contributed by atoms with Crippen LogP contribution in [0.5, 0.6) is 0 Å². The van der Waals surface area contributed by atoms with E-state index in [2.05, 4.69) is 40.6 Å². The van der Waals surface area contributed by atoms with Crippen LogP contribution in [0.1, 0.15) is 46.5 Å². The minimum atomic E-state index is -0.381. The summed E-state index contributed by atoms with van der Waals surface area (Å²) in [5.41, 5.74) is 0. The summed E-state index contributed by atoms with van der Waals surface area (Å²) in [5, 5.41) is 10.1. The Bertz CT molecular complexity index is 1080. The SMILES string of the molecule is CC1CC(C)C(C(=O)N2CCN(c3ccc(F)cn3)[C@H](CO)C2)C(C)C1CC1CCN(c2cnccn2)CC1. The number of nitrogens with zero attached hydrogens (tertiary/aromatic N) is 6. The zero-order chi connectivity index (χ0) is 27.5. The highest BCUT2D eigenvalue weighted by molar-refractivity contribution is 5.80. The molecule has 3 fully saturated rings. The lowest BCUT2D eigenvalue weighted by molar-refractivity contribution is -0.144. The Labute approximate surface area is 231 Å². The monoisotopic (exact) mass is 538 g/mol. The van der Waals surface area contributed by atoms with Gasteiger partial charge in [0.1, 0.15) is 17.5 Å². The van der Waals surface area contributed by atoms with Gasteiger partial charge in [0.15, 0.2) is 0 Å². The average Bonchev–Trinajstić information content (AvgIpc) is 2.96. The fourth-order valence-electron chi connectivity index (χ4n) is 7.63. The molecule has 8 nitrogen and oxygen atoms in total. The standard InChI is InChI=1S/C30H43FN6O2/c1-20-14-21(2)29(22(3)26(20)15-23-6-10-35(11-7-23)28-17-32-8-9-33-28)30(39)36-12-13-37(25(18-36)19-38)27-5-4-24(31)16-34-27/h4-5,8-9,16-17,20-23,25-26,29,38H,6-7,10-15,18-19H2,1-3H3/t20?,21?,22?,25-,26?,29?/m0/s1. The molecule has 2 saturated heterocycles. The number of hydrogen-bond donors (Lipinski definition) is 1. The molecule has 0 aromatic carbocycles. The largest absolute Gasteiger partial charge is 0.394 e. The maximum atomic E-state index is 14.0. The molecule has 0 spiro atoms. The van der Waals surface area contributed by atoms with E-state index in [-0.39, 0.29) is 30.3 Å². The van der Waals surface area contributed by atoms with Gasteiger partial charge in [0.2, 0.25) is 5.91 Å². The van der Waals surface area contributed by atoms with E-state index in [9.17, 15) is 14.3 Å². The van der Waals surface area contributed by atoms with Gasteiger partial charge in [-0.2, -0.15) is 0 Å². The number of pyridine rings is 1. The van der Waals surface area contributed by atoms with Crippen molar-refractivity contribution in [1.82, 2.24) is 19.9 Å². The molecule has 3 aliphatic rings. The van der Waals surface area contributed by atoms with Gasteiger partial charge < -0.3 is 19.8 Å². The number of aliphatic hydroxyl groups is 1. The molecular formula is C30H43FN6O2. The van der Waals surface area contributed by atoms with E-state index in [4.69, 9.17) is 0 Å². The number of piperazine rings is 1. The quantitative estimate of drug-likeness (QED) is 0.598. The number of halogens is 1. The molecule has 212 valence electrons. The van der Waals surface area contributed by atoms with Crippen molar-refractivity contribution >= 4 is 17.5 Å². The smallest absolute Gasteiger partial charge is 0.226 e. The maximum Gasteiger partial charge on any atom is 0.226 e. The molecule has 9 heteroatoms. The van der Waals surface area contributed by atoms with Crippen LogP contribution in [-0.2, 0) is 4.79 Å². The molecule has 1 saturated carbocycles. The van der Waals surface area contributed by atoms with E-state index in [1.165, 1.54) is 18.7 Å². The lowest BCUT2D eigenvalue weighted by Crippen LogP contribution is -2.59. The van der Waals surface area contributed by atoms with Gasteiger partial charge in [-0.25, -0.2) is 14.4 Å². The predicted molar refractivity (Wildman–Crippen MR) is 150 cm³/mol. The summed E-state index contributed by atoms with van der Waals surface area (Å²) in [7, 11) is 0. The zero-order valence-corrected chi connectivity index (χ0v) is 23.5. The van der Waals surface area contributed by atoms with Crippen LogP contribution in [0.25, 0.3) is 0 Å². The Hall–Kier alpha value is -2.81. The number of carbonyl (C=O) groups is 1. The summed E-state index contributed by atoms with van der Waals surface area (Å²) < 4.78 is 13.4. The highest BCUT2D eigenvalue weighted by Crippen LogP contribution is 2.46. The molecular weight excluding hydrogens is 495 g/mol. The van der Waals surface area contributed by atoms with Gasteiger partial charge in [-0.1, -0.05) is 20.8 Å². The van der Waals surface area contributed by atoms with Gasteiger partial charge in [0.25, 0.3) is 0 Å². The van der Waals surface area contributed by atoms with Crippen LogP contribution in [-0.4, -0.2) is 76.2 Å². The first-order chi connectivity index (χ1) is 18.9. The number of aromatic nitrogens is 3. The van der Waals surface area contributed by atoms with Crippen molar-refractivity contribution in [2.24, 2.45) is 35.5 Å². The molecule has 1 aliphatic carbocycles. The minimum Gasteiger partial charge on any atom is -0.394 e. The number of piperidine rings is 1. The van der Waals surface area contributed by atoms with Crippen molar-refractivity contribution in [1.29, 1.82) is 0 Å². The first kappa shape index (κ1) is 27.7. The molecule has 2 aromatic heterocycles. The van der Waals surface area contributed by atoms with Crippen LogP contribution in [0.4, 0.5) is 16.0 Å². The predicted octanol–water partition coefficient (Wildman–Crippen LogP) is 3.87. The number of carbonyl (C=O) groups excluding carboxylic acids is 1. The Morgan fingerprint density at radius 3 is 2.46 bits per heavy atom. The second-order valence-corrected chi connectivity index (χ2v) is 12.1. The van der Waals surface area contributed by atoms with Crippen LogP contribution in [0, 0.1) is 41.3 Å². The van der Waals surface area contributed by atoms with Crippen molar-refractivity contribution in [2.75, 3.05) is 49.1 Å². The number of hydrogen-bond acceptors (Lipinski definition) is 7. The fraction of sp³-hybridized carbons (Fsp3) is 0.667. The van der Waals surface area contributed by atoms with E-state index in [0.29, 0.717) is 55.0 Å². The van der Waals surface area contributed by atoms with Gasteiger partial charge in [0, 0.05) is 51.0 Å². The van der Waals surface area contributed by atoms with E-state index in [1.807, 2.05) is 16.0 Å². The van der Waals surface area contributed by atoms with Crippen molar-refractivity contribution in [3.8, 4) is 0 Å². The number of aliphatic hydroxyl groups excluding tert-OH is 1. The third kappa shape index (κ3) is 6.03. The van der Waals surface area contributed by atoms with Crippen LogP contribution >= 0.6 is 0 Å². The normalized spacial score (nSPS) is 30.4. The molecule has 39 heavy (non-hydrogen) atoms. The van der Waals surface area contributed by atoms with Gasteiger partial charge in [0.05, 0.1) is 25.0 Å². The number of anilines is 2. The van der Waals surface area contributed by atoms with Crippen LogP contribution in [0.3, 0.4) is 0 Å². The van der Waals surface area contributed by atoms with Crippen LogP contribution < -0.4 is 9.80 Å². The highest BCUT2D eigenvalue weighted by Gasteiger charge is 2.45. The third-order valence-electron chi connectivity index (χ3n) is 9.72. The minimum absolute atomic E-state index is 0.000668. The van der Waals surface area contributed by atoms with E-state index >= 15 is 0 Å². The van der Waals surface area contributed by atoms with Gasteiger partial charge in [-0.3, -0.25) is 9.78 Å². The molecule has 2 aromatic rings. The molecule has 1 amide bonds. The topological polar surface area (TPSA) is 85.7 Å². The van der Waals surface area contributed by atoms with E-state index in [1.54, 1.807) is 18.5 Å². The Kier molecular flexibility index (Phi) is 8.64. The molecule has 4 heterocycles. The Morgan fingerprint density at radius 1 is 1.00 bits per heavy atom. The molecule has 1 N–H and O–H groups in total.